The van der Waals surface area contributed by atoms with Gasteiger partial charge in [-0.2, -0.15) is 0 Å². The first-order valence-electron chi connectivity index (χ1n) is 10.5. The fourth-order valence-electron chi connectivity index (χ4n) is 2.91. The first-order valence-corrected chi connectivity index (χ1v) is 11.3. The number of carbonyl (C=O) groups is 1. The summed E-state index contributed by atoms with van der Waals surface area (Å²) in [7, 11) is 1.61. The lowest BCUT2D eigenvalue weighted by atomic mass is 10.1. The van der Waals surface area contributed by atoms with E-state index in [1.54, 1.807) is 25.3 Å². The summed E-state index contributed by atoms with van der Waals surface area (Å²) in [5.74, 6) is 1.63. The van der Waals surface area contributed by atoms with E-state index in [0.717, 1.165) is 5.56 Å². The van der Waals surface area contributed by atoms with Gasteiger partial charge in [0.1, 0.15) is 12.4 Å². The standard InChI is InChI=1S/C24H31Cl2NO5/c1-15(2)31-21-9-6-17(12-22(21)29-5)10-11-27-24(28)23(32-16(3)4)14-30-18-7-8-19(25)20(26)13-18/h6-9,12-13,15-16,23H,10-11,14H2,1-5H3,(H,27,28)/t23-/m1/s1. The van der Waals surface area contributed by atoms with Crippen molar-refractivity contribution in [2.75, 3.05) is 20.3 Å². The Morgan fingerprint density at radius 3 is 2.34 bits per heavy atom. The van der Waals surface area contributed by atoms with Crippen molar-refractivity contribution in [2.45, 2.75) is 52.4 Å². The van der Waals surface area contributed by atoms with Gasteiger partial charge in [0.2, 0.25) is 0 Å². The Balaban J connectivity index is 1.92. The van der Waals surface area contributed by atoms with Crippen LogP contribution in [0.4, 0.5) is 0 Å². The van der Waals surface area contributed by atoms with Gasteiger partial charge in [-0.25, -0.2) is 0 Å². The Morgan fingerprint density at radius 2 is 1.72 bits per heavy atom. The molecule has 2 aromatic rings. The highest BCUT2D eigenvalue weighted by molar-refractivity contribution is 6.42. The Labute approximate surface area is 200 Å². The molecule has 0 spiro atoms. The highest BCUT2D eigenvalue weighted by Gasteiger charge is 2.21. The van der Waals surface area contributed by atoms with E-state index in [4.69, 9.17) is 42.1 Å². The van der Waals surface area contributed by atoms with Crippen LogP contribution in [0.5, 0.6) is 17.2 Å². The predicted molar refractivity (Wildman–Crippen MR) is 127 cm³/mol. The van der Waals surface area contributed by atoms with E-state index in [1.165, 1.54) is 0 Å². The Morgan fingerprint density at radius 1 is 0.969 bits per heavy atom. The molecule has 0 bridgehead atoms. The molecule has 0 radical (unpaired) electrons. The number of carbonyl (C=O) groups excluding carboxylic acids is 1. The fourth-order valence-corrected chi connectivity index (χ4v) is 3.19. The van der Waals surface area contributed by atoms with E-state index >= 15 is 0 Å². The van der Waals surface area contributed by atoms with Gasteiger partial charge in [0.15, 0.2) is 17.6 Å². The number of hydrogen-bond donors (Lipinski definition) is 1. The number of hydrogen-bond acceptors (Lipinski definition) is 5. The van der Waals surface area contributed by atoms with E-state index in [-0.39, 0.29) is 24.7 Å². The van der Waals surface area contributed by atoms with E-state index < -0.39 is 6.10 Å². The maximum absolute atomic E-state index is 12.7. The molecule has 0 fully saturated rings. The topological polar surface area (TPSA) is 66.0 Å². The molecule has 0 heterocycles. The van der Waals surface area contributed by atoms with E-state index in [9.17, 15) is 4.79 Å². The average molecular weight is 484 g/mol. The molecule has 0 aliphatic rings. The number of ether oxygens (including phenoxy) is 4. The first-order chi connectivity index (χ1) is 15.2. The summed E-state index contributed by atoms with van der Waals surface area (Å²) in [6.07, 6.45) is -0.216. The van der Waals surface area contributed by atoms with E-state index in [1.807, 2.05) is 45.9 Å². The normalized spacial score (nSPS) is 12.0. The second-order valence-electron chi connectivity index (χ2n) is 7.75. The largest absolute Gasteiger partial charge is 0.493 e. The second kappa shape index (κ2) is 12.8. The van der Waals surface area contributed by atoms with Gasteiger partial charge in [0.05, 0.1) is 29.4 Å². The molecular formula is C24H31Cl2NO5. The number of amides is 1. The quantitative estimate of drug-likeness (QED) is 0.442. The van der Waals surface area contributed by atoms with Gasteiger partial charge in [0, 0.05) is 12.6 Å². The van der Waals surface area contributed by atoms with Crippen molar-refractivity contribution in [1.29, 1.82) is 0 Å². The van der Waals surface area contributed by atoms with Crippen molar-refractivity contribution in [1.82, 2.24) is 5.32 Å². The summed E-state index contributed by atoms with van der Waals surface area (Å²) in [6, 6.07) is 10.7. The molecule has 1 N–H and O–H groups in total. The Bertz CT molecular complexity index is 889. The molecule has 2 aromatic carbocycles. The number of rotatable bonds is 12. The summed E-state index contributed by atoms with van der Waals surface area (Å²) >= 11 is 11.9. The van der Waals surface area contributed by atoms with Crippen molar-refractivity contribution in [3.8, 4) is 17.2 Å². The molecule has 0 saturated carbocycles. The van der Waals surface area contributed by atoms with Gasteiger partial charge < -0.3 is 24.3 Å². The fraction of sp³-hybridized carbons (Fsp3) is 0.458. The minimum atomic E-state index is -0.763. The van der Waals surface area contributed by atoms with Crippen molar-refractivity contribution < 1.29 is 23.7 Å². The van der Waals surface area contributed by atoms with Crippen LogP contribution < -0.4 is 19.5 Å². The molecule has 0 aliphatic heterocycles. The van der Waals surface area contributed by atoms with Crippen LogP contribution in [0.15, 0.2) is 36.4 Å². The Kier molecular flexibility index (Phi) is 10.4. The van der Waals surface area contributed by atoms with E-state index in [2.05, 4.69) is 5.32 Å². The molecule has 8 heteroatoms. The highest BCUT2D eigenvalue weighted by atomic mass is 35.5. The van der Waals surface area contributed by atoms with Crippen LogP contribution in [-0.4, -0.2) is 44.5 Å². The molecule has 0 saturated heterocycles. The average Bonchev–Trinajstić information content (AvgIpc) is 2.73. The second-order valence-corrected chi connectivity index (χ2v) is 8.57. The SMILES string of the molecule is COc1cc(CCNC(=O)[C@@H](COc2ccc(Cl)c(Cl)c2)OC(C)C)ccc1OC(C)C. The van der Waals surface area contributed by atoms with Crippen molar-refractivity contribution in [2.24, 2.45) is 0 Å². The van der Waals surface area contributed by atoms with Gasteiger partial charge in [-0.3, -0.25) is 4.79 Å². The third-order valence-corrected chi connectivity index (χ3v) is 5.06. The lowest BCUT2D eigenvalue weighted by molar-refractivity contribution is -0.137. The zero-order valence-corrected chi connectivity index (χ0v) is 20.6. The van der Waals surface area contributed by atoms with Crippen molar-refractivity contribution >= 4 is 29.1 Å². The van der Waals surface area contributed by atoms with Crippen LogP contribution in [-0.2, 0) is 16.0 Å². The molecule has 2 rings (SSSR count). The van der Waals surface area contributed by atoms with Crippen molar-refractivity contribution in [3.63, 3.8) is 0 Å². The first kappa shape index (κ1) is 26.1. The van der Waals surface area contributed by atoms with Crippen LogP contribution in [0.1, 0.15) is 33.3 Å². The summed E-state index contributed by atoms with van der Waals surface area (Å²) < 4.78 is 22.6. The molecule has 1 amide bonds. The molecule has 0 unspecified atom stereocenters. The van der Waals surface area contributed by atoms with Gasteiger partial charge in [-0.1, -0.05) is 29.3 Å². The number of benzene rings is 2. The molecule has 0 aromatic heterocycles. The zero-order valence-electron chi connectivity index (χ0n) is 19.1. The van der Waals surface area contributed by atoms with Gasteiger partial charge in [-0.15, -0.1) is 0 Å². The van der Waals surface area contributed by atoms with E-state index in [0.29, 0.717) is 40.3 Å². The van der Waals surface area contributed by atoms with Gasteiger partial charge in [-0.05, 0) is 63.9 Å². The third kappa shape index (κ3) is 8.41. The molecule has 0 aliphatic carbocycles. The van der Waals surface area contributed by atoms with Gasteiger partial charge in [0.25, 0.3) is 5.91 Å². The Hall–Kier alpha value is -2.15. The number of halogens is 2. The monoisotopic (exact) mass is 483 g/mol. The smallest absolute Gasteiger partial charge is 0.252 e. The molecular weight excluding hydrogens is 453 g/mol. The minimum absolute atomic E-state index is 0.0526. The molecule has 6 nitrogen and oxygen atoms in total. The summed E-state index contributed by atoms with van der Waals surface area (Å²) in [6.45, 7) is 8.15. The van der Waals surface area contributed by atoms with Crippen LogP contribution in [0.3, 0.4) is 0 Å². The molecule has 176 valence electrons. The maximum atomic E-state index is 12.7. The maximum Gasteiger partial charge on any atom is 0.252 e. The summed E-state index contributed by atoms with van der Waals surface area (Å²) in [4.78, 5) is 12.7. The van der Waals surface area contributed by atoms with Crippen molar-refractivity contribution in [3.05, 3.63) is 52.0 Å². The zero-order chi connectivity index (χ0) is 23.7. The third-order valence-electron chi connectivity index (χ3n) is 4.32. The van der Waals surface area contributed by atoms with Crippen LogP contribution in [0, 0.1) is 0 Å². The van der Waals surface area contributed by atoms with Crippen LogP contribution >= 0.6 is 23.2 Å². The lowest BCUT2D eigenvalue weighted by Gasteiger charge is -2.20. The lowest BCUT2D eigenvalue weighted by Crippen LogP contribution is -2.42. The predicted octanol–water partition coefficient (Wildman–Crippen LogP) is 5.32. The number of methoxy groups -OCH3 is 1. The summed E-state index contributed by atoms with van der Waals surface area (Å²) in [5.41, 5.74) is 1.02. The molecule has 32 heavy (non-hydrogen) atoms. The molecule has 1 atom stereocenters. The minimum Gasteiger partial charge on any atom is -0.493 e. The summed E-state index contributed by atoms with van der Waals surface area (Å²) in [5, 5.41) is 3.74. The van der Waals surface area contributed by atoms with Crippen LogP contribution in [0.25, 0.3) is 0 Å². The highest BCUT2D eigenvalue weighted by Crippen LogP contribution is 2.29. The van der Waals surface area contributed by atoms with Gasteiger partial charge >= 0.3 is 0 Å². The van der Waals surface area contributed by atoms with Crippen LogP contribution in [0.2, 0.25) is 10.0 Å². The number of nitrogens with one attached hydrogen (secondary N) is 1.